The number of hydrogen-bond donors (Lipinski definition) is 0. The summed E-state index contributed by atoms with van der Waals surface area (Å²) >= 11 is 0. The summed E-state index contributed by atoms with van der Waals surface area (Å²) in [5.41, 5.74) is 2.76. The maximum Gasteiger partial charge on any atom is 0.289 e. The van der Waals surface area contributed by atoms with Crippen LogP contribution in [0.4, 0.5) is 4.39 Å². The molecule has 0 fully saturated rings. The van der Waals surface area contributed by atoms with Gasteiger partial charge in [0.25, 0.3) is 5.91 Å². The van der Waals surface area contributed by atoms with Gasteiger partial charge in [0.15, 0.2) is 5.76 Å². The van der Waals surface area contributed by atoms with Crippen molar-refractivity contribution >= 4 is 11.8 Å². The number of fused-ring (bicyclic) bond motifs is 1. The lowest BCUT2D eigenvalue weighted by atomic mass is 9.87. The third-order valence-corrected chi connectivity index (χ3v) is 6.36. The number of benzene rings is 2. The van der Waals surface area contributed by atoms with Crippen molar-refractivity contribution in [2.45, 2.75) is 39.8 Å². The number of hydrogen-bond acceptors (Lipinski definition) is 4. The maximum atomic E-state index is 14.1. The number of ether oxygens (including phenoxy) is 1. The Kier molecular flexibility index (Phi) is 7.24. The van der Waals surface area contributed by atoms with Crippen LogP contribution in [0.5, 0.6) is 5.75 Å². The van der Waals surface area contributed by atoms with Crippen LogP contribution in [0.1, 0.15) is 59.8 Å². The van der Waals surface area contributed by atoms with E-state index in [-0.39, 0.29) is 35.9 Å². The second-order valence-corrected chi connectivity index (χ2v) is 9.13. The maximum absolute atomic E-state index is 14.1. The van der Waals surface area contributed by atoms with Gasteiger partial charge in [-0.3, -0.25) is 9.59 Å². The van der Waals surface area contributed by atoms with E-state index < -0.39 is 6.04 Å². The van der Waals surface area contributed by atoms with Crippen LogP contribution in [0, 0.1) is 11.7 Å². The third-order valence-electron chi connectivity index (χ3n) is 6.36. The Morgan fingerprint density at radius 1 is 1.17 bits per heavy atom. The van der Waals surface area contributed by atoms with E-state index in [1.54, 1.807) is 30.1 Å². The number of halogens is 1. The van der Waals surface area contributed by atoms with Crippen LogP contribution in [0.25, 0.3) is 0 Å². The molecule has 0 aliphatic carbocycles. The highest BCUT2D eigenvalue weighted by Gasteiger charge is 2.33. The second kappa shape index (κ2) is 10.3. The van der Waals surface area contributed by atoms with Crippen LogP contribution in [-0.2, 0) is 17.8 Å². The zero-order valence-corrected chi connectivity index (χ0v) is 20.6. The molecule has 0 bridgehead atoms. The number of carbonyl (C=O) groups is 2. The van der Waals surface area contributed by atoms with E-state index in [0.717, 1.165) is 16.7 Å². The van der Waals surface area contributed by atoms with E-state index in [0.29, 0.717) is 31.0 Å². The molecule has 0 N–H and O–H groups in total. The fraction of sp³-hybridized carbons (Fsp3) is 0.357. The highest BCUT2D eigenvalue weighted by molar-refractivity contribution is 5.91. The van der Waals surface area contributed by atoms with E-state index >= 15 is 0 Å². The standard InChI is InChI=1S/C28H31FN2O4/c1-5-30(4)28(33)25-12-11-23(35-25)17-34-22-10-9-19-13-14-31(27(32)18(2)3)26(24(19)16-22)20-7-6-8-21(29)15-20/h6-12,15-16,18,26H,5,13-14,17H2,1-4H3/t26-/m0/s1. The van der Waals surface area contributed by atoms with Gasteiger partial charge in [-0.05, 0) is 66.4 Å². The molecule has 4 rings (SSSR count). The van der Waals surface area contributed by atoms with Gasteiger partial charge < -0.3 is 19.0 Å². The predicted molar refractivity (Wildman–Crippen MR) is 131 cm³/mol. The summed E-state index contributed by atoms with van der Waals surface area (Å²) in [6.07, 6.45) is 0.717. The highest BCUT2D eigenvalue weighted by Crippen LogP contribution is 2.38. The van der Waals surface area contributed by atoms with Gasteiger partial charge in [-0.25, -0.2) is 4.39 Å². The van der Waals surface area contributed by atoms with E-state index in [2.05, 4.69) is 0 Å². The topological polar surface area (TPSA) is 63.0 Å². The van der Waals surface area contributed by atoms with Crippen molar-refractivity contribution in [1.29, 1.82) is 0 Å². The molecular formula is C28H31FN2O4. The van der Waals surface area contributed by atoms with Crippen molar-refractivity contribution in [2.75, 3.05) is 20.1 Å². The van der Waals surface area contributed by atoms with Crippen LogP contribution in [0.3, 0.4) is 0 Å². The molecule has 0 saturated carbocycles. The molecule has 0 spiro atoms. The first-order chi connectivity index (χ1) is 16.8. The first kappa shape index (κ1) is 24.5. The molecule has 1 aliphatic heterocycles. The average molecular weight is 479 g/mol. The fourth-order valence-electron chi connectivity index (χ4n) is 4.34. The number of amides is 2. The molecule has 1 aromatic heterocycles. The van der Waals surface area contributed by atoms with Gasteiger partial charge in [0.05, 0.1) is 6.04 Å². The Morgan fingerprint density at radius 3 is 2.69 bits per heavy atom. The number of furan rings is 1. The van der Waals surface area contributed by atoms with E-state index in [9.17, 15) is 14.0 Å². The molecule has 1 atom stereocenters. The molecule has 2 heterocycles. The minimum absolute atomic E-state index is 0.0288. The molecular weight excluding hydrogens is 447 g/mol. The van der Waals surface area contributed by atoms with Crippen molar-refractivity contribution in [2.24, 2.45) is 5.92 Å². The number of rotatable bonds is 7. The van der Waals surface area contributed by atoms with Crippen LogP contribution in [0.15, 0.2) is 59.0 Å². The van der Waals surface area contributed by atoms with Gasteiger partial charge in [-0.2, -0.15) is 0 Å². The van der Waals surface area contributed by atoms with Crippen LogP contribution >= 0.6 is 0 Å². The van der Waals surface area contributed by atoms with Crippen molar-refractivity contribution in [3.8, 4) is 5.75 Å². The molecule has 0 radical (unpaired) electrons. The lowest BCUT2D eigenvalue weighted by Gasteiger charge is -2.39. The summed E-state index contributed by atoms with van der Waals surface area (Å²) in [5, 5.41) is 0. The number of carbonyl (C=O) groups excluding carboxylic acids is 2. The Morgan fingerprint density at radius 2 is 1.97 bits per heavy atom. The molecule has 184 valence electrons. The summed E-state index contributed by atoms with van der Waals surface area (Å²) in [7, 11) is 1.72. The summed E-state index contributed by atoms with van der Waals surface area (Å²) in [4.78, 5) is 28.7. The summed E-state index contributed by atoms with van der Waals surface area (Å²) in [6, 6.07) is 15.2. The van der Waals surface area contributed by atoms with Crippen molar-refractivity contribution in [3.05, 3.63) is 88.6 Å². The van der Waals surface area contributed by atoms with Crippen LogP contribution in [-0.4, -0.2) is 41.8 Å². The SMILES string of the molecule is CCN(C)C(=O)c1ccc(COc2ccc3c(c2)[C@H](c2cccc(F)c2)N(C(=O)C(C)C)CC3)o1. The van der Waals surface area contributed by atoms with Gasteiger partial charge in [-0.1, -0.05) is 32.0 Å². The normalized spacial score (nSPS) is 15.1. The van der Waals surface area contributed by atoms with Gasteiger partial charge in [-0.15, -0.1) is 0 Å². The smallest absolute Gasteiger partial charge is 0.289 e. The number of nitrogens with zero attached hydrogens (tertiary/aromatic N) is 2. The minimum atomic E-state index is -0.398. The Bertz CT molecular complexity index is 1220. The average Bonchev–Trinajstić information content (AvgIpc) is 3.34. The Balaban J connectivity index is 1.60. The molecule has 3 aromatic rings. The zero-order valence-electron chi connectivity index (χ0n) is 20.6. The summed E-state index contributed by atoms with van der Waals surface area (Å²) < 4.78 is 25.8. The molecule has 35 heavy (non-hydrogen) atoms. The van der Waals surface area contributed by atoms with Crippen LogP contribution in [0.2, 0.25) is 0 Å². The van der Waals surface area contributed by atoms with E-state index in [1.807, 2.05) is 49.9 Å². The lowest BCUT2D eigenvalue weighted by molar-refractivity contribution is -0.136. The highest BCUT2D eigenvalue weighted by atomic mass is 19.1. The summed E-state index contributed by atoms with van der Waals surface area (Å²) in [5.74, 6) is 0.757. The van der Waals surface area contributed by atoms with Crippen molar-refractivity contribution in [3.63, 3.8) is 0 Å². The van der Waals surface area contributed by atoms with Gasteiger partial charge >= 0.3 is 0 Å². The molecule has 2 aromatic carbocycles. The quantitative estimate of drug-likeness (QED) is 0.467. The largest absolute Gasteiger partial charge is 0.486 e. The predicted octanol–water partition coefficient (Wildman–Crippen LogP) is 5.22. The molecule has 7 heteroatoms. The fourth-order valence-corrected chi connectivity index (χ4v) is 4.34. The zero-order chi connectivity index (χ0) is 25.1. The molecule has 0 unspecified atom stereocenters. The lowest BCUT2D eigenvalue weighted by Crippen LogP contribution is -2.42. The first-order valence-electron chi connectivity index (χ1n) is 11.9. The second-order valence-electron chi connectivity index (χ2n) is 9.13. The van der Waals surface area contributed by atoms with E-state index in [1.165, 1.54) is 12.1 Å². The van der Waals surface area contributed by atoms with Gasteiger partial charge in [0.1, 0.15) is 23.9 Å². The Labute approximate surface area is 205 Å². The van der Waals surface area contributed by atoms with Crippen LogP contribution < -0.4 is 4.74 Å². The first-order valence-corrected chi connectivity index (χ1v) is 11.9. The van der Waals surface area contributed by atoms with Crippen molar-refractivity contribution in [1.82, 2.24) is 9.80 Å². The minimum Gasteiger partial charge on any atom is -0.486 e. The molecule has 2 amide bonds. The third kappa shape index (κ3) is 5.24. The molecule has 1 aliphatic rings. The molecule has 0 saturated heterocycles. The summed E-state index contributed by atoms with van der Waals surface area (Å²) in [6.45, 7) is 6.96. The Hall–Kier alpha value is -3.61. The molecule has 6 nitrogen and oxygen atoms in total. The van der Waals surface area contributed by atoms with Gasteiger partial charge in [0.2, 0.25) is 5.91 Å². The monoisotopic (exact) mass is 478 g/mol. The van der Waals surface area contributed by atoms with E-state index in [4.69, 9.17) is 9.15 Å². The van der Waals surface area contributed by atoms with Crippen molar-refractivity contribution < 1.29 is 23.1 Å². The van der Waals surface area contributed by atoms with Gasteiger partial charge in [0, 0.05) is 26.1 Å².